The smallest absolute Gasteiger partial charge is 0.148 e. The Kier molecular flexibility index (Phi) is 6.90. The summed E-state index contributed by atoms with van der Waals surface area (Å²) in [5.74, 6) is 0.705. The molecule has 140 valence electrons. The lowest BCUT2D eigenvalue weighted by Crippen LogP contribution is -2.39. The molecule has 0 amide bonds. The zero-order valence-corrected chi connectivity index (χ0v) is 15.3. The van der Waals surface area contributed by atoms with Gasteiger partial charge in [-0.05, 0) is 30.4 Å². The Hall–Kier alpha value is -2.76. The second-order valence-electron chi connectivity index (χ2n) is 6.75. The van der Waals surface area contributed by atoms with Crippen molar-refractivity contribution >= 4 is 6.21 Å². The molecule has 0 aliphatic heterocycles. The van der Waals surface area contributed by atoms with Crippen LogP contribution in [0.15, 0.2) is 78.0 Å². The second kappa shape index (κ2) is 9.80. The van der Waals surface area contributed by atoms with Gasteiger partial charge in [0.2, 0.25) is 0 Å². The first-order valence-corrected chi connectivity index (χ1v) is 9.25. The lowest BCUT2D eigenvalue weighted by Gasteiger charge is -2.22. The highest BCUT2D eigenvalue weighted by Crippen LogP contribution is 2.15. The van der Waals surface area contributed by atoms with E-state index in [4.69, 9.17) is 5.73 Å². The van der Waals surface area contributed by atoms with Gasteiger partial charge in [0.15, 0.2) is 0 Å². The van der Waals surface area contributed by atoms with Crippen LogP contribution in [-0.4, -0.2) is 39.5 Å². The van der Waals surface area contributed by atoms with Gasteiger partial charge in [0.1, 0.15) is 5.82 Å². The van der Waals surface area contributed by atoms with Crippen LogP contribution < -0.4 is 5.73 Å². The summed E-state index contributed by atoms with van der Waals surface area (Å²) >= 11 is 0. The molecule has 0 saturated heterocycles. The average molecular weight is 362 g/mol. The molecule has 5 heteroatoms. The van der Waals surface area contributed by atoms with Crippen molar-refractivity contribution in [2.24, 2.45) is 10.7 Å². The van der Waals surface area contributed by atoms with Gasteiger partial charge < -0.3 is 15.8 Å². The van der Waals surface area contributed by atoms with Gasteiger partial charge in [0, 0.05) is 18.4 Å². The van der Waals surface area contributed by atoms with Crippen molar-refractivity contribution in [3.63, 3.8) is 0 Å². The van der Waals surface area contributed by atoms with Crippen LogP contribution >= 0.6 is 0 Å². The Bertz CT molecular complexity index is 803. The number of rotatable bonds is 9. The third kappa shape index (κ3) is 6.16. The summed E-state index contributed by atoms with van der Waals surface area (Å²) in [6, 6.07) is 19.8. The number of nitrogens with one attached hydrogen (secondary N) is 1. The summed E-state index contributed by atoms with van der Waals surface area (Å²) < 4.78 is 0. The van der Waals surface area contributed by atoms with E-state index in [1.54, 1.807) is 18.6 Å². The molecular formula is C22H26N4O. The van der Waals surface area contributed by atoms with Crippen LogP contribution in [0.5, 0.6) is 0 Å². The first-order valence-electron chi connectivity index (χ1n) is 9.25. The van der Waals surface area contributed by atoms with E-state index in [9.17, 15) is 5.11 Å². The number of H-pyrrole nitrogens is 1. The fourth-order valence-corrected chi connectivity index (χ4v) is 3.08. The fraction of sp³-hybridized carbons (Fsp3) is 0.273. The number of nitrogens with zero attached hydrogens (tertiary/aromatic N) is 2. The molecule has 0 saturated carbocycles. The summed E-state index contributed by atoms with van der Waals surface area (Å²) in [6.45, 7) is 0. The van der Waals surface area contributed by atoms with E-state index >= 15 is 0 Å². The van der Waals surface area contributed by atoms with Crippen LogP contribution in [0.25, 0.3) is 0 Å². The molecule has 4 N–H and O–H groups in total. The molecule has 0 bridgehead atoms. The molecule has 0 aliphatic carbocycles. The molecule has 3 atom stereocenters. The summed E-state index contributed by atoms with van der Waals surface area (Å²) in [5, 5.41) is 10.7. The zero-order chi connectivity index (χ0) is 18.9. The molecule has 5 nitrogen and oxygen atoms in total. The number of benzene rings is 2. The third-order valence-electron chi connectivity index (χ3n) is 4.56. The van der Waals surface area contributed by atoms with Crippen molar-refractivity contribution in [2.75, 3.05) is 0 Å². The van der Waals surface area contributed by atoms with Crippen molar-refractivity contribution in [2.45, 2.75) is 37.5 Å². The maximum Gasteiger partial charge on any atom is 0.148 e. The van der Waals surface area contributed by atoms with Gasteiger partial charge in [-0.25, -0.2) is 4.98 Å². The van der Waals surface area contributed by atoms with Crippen LogP contribution in [0.3, 0.4) is 0 Å². The number of aromatic nitrogens is 2. The lowest BCUT2D eigenvalue weighted by atomic mass is 9.94. The van der Waals surface area contributed by atoms with Crippen LogP contribution in [-0.2, 0) is 12.8 Å². The molecular weight excluding hydrogens is 336 g/mol. The van der Waals surface area contributed by atoms with Gasteiger partial charge in [-0.1, -0.05) is 60.7 Å². The predicted octanol–water partition coefficient (Wildman–Crippen LogP) is 2.76. The number of aliphatic imine (C=N–C) groups is 1. The van der Waals surface area contributed by atoms with E-state index in [0.29, 0.717) is 18.7 Å². The maximum atomic E-state index is 10.7. The number of imidazole rings is 1. The van der Waals surface area contributed by atoms with Crippen LogP contribution in [0.2, 0.25) is 0 Å². The first-order chi connectivity index (χ1) is 13.2. The molecule has 0 aliphatic rings. The number of aliphatic hydroxyl groups excluding tert-OH is 1. The van der Waals surface area contributed by atoms with Gasteiger partial charge in [-0.15, -0.1) is 0 Å². The van der Waals surface area contributed by atoms with Gasteiger partial charge in [0.05, 0.1) is 18.4 Å². The van der Waals surface area contributed by atoms with Crippen molar-refractivity contribution in [1.29, 1.82) is 0 Å². The monoisotopic (exact) mass is 362 g/mol. The average Bonchev–Trinajstić information content (AvgIpc) is 3.21. The predicted molar refractivity (Wildman–Crippen MR) is 109 cm³/mol. The number of hydrogen-bond acceptors (Lipinski definition) is 4. The minimum atomic E-state index is -0.632. The summed E-state index contributed by atoms with van der Waals surface area (Å²) in [6.07, 6.45) is 6.43. The number of aromatic amines is 1. The van der Waals surface area contributed by atoms with E-state index in [0.717, 1.165) is 12.0 Å². The van der Waals surface area contributed by atoms with Crippen molar-refractivity contribution in [3.8, 4) is 0 Å². The summed E-state index contributed by atoms with van der Waals surface area (Å²) in [4.78, 5) is 11.8. The zero-order valence-electron chi connectivity index (χ0n) is 15.3. The Morgan fingerprint density at radius 3 is 2.22 bits per heavy atom. The Labute approximate surface area is 160 Å². The fourth-order valence-electron chi connectivity index (χ4n) is 3.08. The Morgan fingerprint density at radius 2 is 1.63 bits per heavy atom. The van der Waals surface area contributed by atoms with Gasteiger partial charge >= 0.3 is 0 Å². The highest BCUT2D eigenvalue weighted by Gasteiger charge is 2.20. The van der Waals surface area contributed by atoms with E-state index in [1.165, 1.54) is 5.56 Å². The number of nitrogens with two attached hydrogens (primary N) is 1. The van der Waals surface area contributed by atoms with E-state index < -0.39 is 6.10 Å². The minimum absolute atomic E-state index is 0.0747. The molecule has 0 spiro atoms. The molecule has 0 unspecified atom stereocenters. The van der Waals surface area contributed by atoms with Gasteiger partial charge in [-0.2, -0.15) is 0 Å². The van der Waals surface area contributed by atoms with Crippen LogP contribution in [0.1, 0.15) is 23.4 Å². The quantitative estimate of drug-likeness (QED) is 0.512. The van der Waals surface area contributed by atoms with Crippen molar-refractivity contribution < 1.29 is 5.11 Å². The molecule has 1 heterocycles. The molecule has 0 fully saturated rings. The van der Waals surface area contributed by atoms with E-state index in [1.807, 2.05) is 48.5 Å². The van der Waals surface area contributed by atoms with Crippen molar-refractivity contribution in [1.82, 2.24) is 9.97 Å². The first kappa shape index (κ1) is 19.0. The summed E-state index contributed by atoms with van der Waals surface area (Å²) in [5.41, 5.74) is 8.57. The van der Waals surface area contributed by atoms with Gasteiger partial charge in [0.25, 0.3) is 0 Å². The lowest BCUT2D eigenvalue weighted by molar-refractivity contribution is 0.127. The van der Waals surface area contributed by atoms with Crippen molar-refractivity contribution in [3.05, 3.63) is 90.0 Å². The summed E-state index contributed by atoms with van der Waals surface area (Å²) in [7, 11) is 0. The third-order valence-corrected chi connectivity index (χ3v) is 4.56. The number of aliphatic hydroxyl groups is 1. The molecule has 3 aromatic rings. The molecule has 0 radical (unpaired) electrons. The van der Waals surface area contributed by atoms with E-state index in [2.05, 4.69) is 27.1 Å². The van der Waals surface area contributed by atoms with E-state index in [-0.39, 0.29) is 12.1 Å². The molecule has 27 heavy (non-hydrogen) atoms. The SMILES string of the molecule is N[C@@H](Cc1ccccc1)[C@H](O)C[C@H](Cc1ccccc1)N=Cc1ncc[nH]1. The Morgan fingerprint density at radius 1 is 1.00 bits per heavy atom. The molecule has 3 rings (SSSR count). The second-order valence-corrected chi connectivity index (χ2v) is 6.75. The standard InChI is InChI=1S/C22H26N4O/c23-20(14-18-9-5-2-6-10-18)21(27)15-19(13-17-7-3-1-4-8-17)26-16-22-24-11-12-25-22/h1-12,16,19-21,27H,13-15,23H2,(H,24,25)/t19-,20-,21+/m0/s1. The van der Waals surface area contributed by atoms with Crippen LogP contribution in [0.4, 0.5) is 0 Å². The normalized spacial score (nSPS) is 14.9. The molecule has 2 aromatic carbocycles. The maximum absolute atomic E-state index is 10.7. The molecule has 1 aromatic heterocycles. The van der Waals surface area contributed by atoms with Gasteiger partial charge in [-0.3, -0.25) is 4.99 Å². The highest BCUT2D eigenvalue weighted by molar-refractivity contribution is 5.74. The highest BCUT2D eigenvalue weighted by atomic mass is 16.3. The number of hydrogen-bond donors (Lipinski definition) is 3. The topological polar surface area (TPSA) is 87.3 Å². The minimum Gasteiger partial charge on any atom is -0.391 e. The largest absolute Gasteiger partial charge is 0.391 e. The van der Waals surface area contributed by atoms with Crippen LogP contribution in [0, 0.1) is 0 Å². The Balaban J connectivity index is 1.65.